The first kappa shape index (κ1) is 25.2. The number of phenols is 1. The van der Waals surface area contributed by atoms with Gasteiger partial charge in [0.05, 0.1) is 23.8 Å². The van der Waals surface area contributed by atoms with E-state index in [-0.39, 0.29) is 35.6 Å². The lowest BCUT2D eigenvalue weighted by atomic mass is 9.58. The molecule has 0 aromatic heterocycles. The number of hydrogen-bond donors (Lipinski definition) is 1. The van der Waals surface area contributed by atoms with Gasteiger partial charge in [0.25, 0.3) is 0 Å². The number of nitrogens with zero attached hydrogens (tertiary/aromatic N) is 1. The molecule has 1 N–H and O–H groups in total. The lowest BCUT2D eigenvalue weighted by Crippen LogP contribution is -2.41. The number of allylic oxidation sites excluding steroid dienone is 7. The first-order valence-corrected chi connectivity index (χ1v) is 14.3. The number of benzene rings is 2. The fourth-order valence-corrected chi connectivity index (χ4v) is 7.38. The number of Topliss-reactive ketones (excluding diaryl/α,β-unsaturated/α-hetero) is 1. The Morgan fingerprint density at radius 2 is 1.77 bits per heavy atom. The first-order valence-electron chi connectivity index (χ1n) is 13.2. The molecule has 0 spiro atoms. The number of ether oxygens (including phenoxy) is 1. The highest BCUT2D eigenvalue weighted by atomic mass is 127. The number of phenolic OH excluding ortho intramolecular Hbond substituents is 1. The van der Waals surface area contributed by atoms with E-state index < -0.39 is 23.7 Å². The van der Waals surface area contributed by atoms with Crippen LogP contribution in [0, 0.1) is 27.2 Å². The van der Waals surface area contributed by atoms with Gasteiger partial charge in [0.2, 0.25) is 11.8 Å². The molecule has 4 atom stereocenters. The quantitative estimate of drug-likeness (QED) is 0.214. The number of hydrogen-bond acceptors (Lipinski definition) is 6. The zero-order valence-corrected chi connectivity index (χ0v) is 23.7. The second-order valence-corrected chi connectivity index (χ2v) is 12.2. The number of amides is 2. The van der Waals surface area contributed by atoms with E-state index >= 15 is 0 Å². The van der Waals surface area contributed by atoms with Crippen molar-refractivity contribution in [1.82, 2.24) is 0 Å². The molecule has 2 amide bonds. The number of rotatable bonds is 2. The van der Waals surface area contributed by atoms with E-state index in [9.17, 15) is 24.3 Å². The number of carbonyl (C=O) groups is 4. The minimum atomic E-state index is -0.625. The maximum absolute atomic E-state index is 14.0. The molecule has 40 heavy (non-hydrogen) atoms. The van der Waals surface area contributed by atoms with Crippen molar-refractivity contribution in [2.75, 3.05) is 4.90 Å². The van der Waals surface area contributed by atoms with Crippen molar-refractivity contribution in [3.8, 4) is 11.5 Å². The van der Waals surface area contributed by atoms with Crippen molar-refractivity contribution >= 4 is 51.7 Å². The Bertz CT molecular complexity index is 1680. The summed E-state index contributed by atoms with van der Waals surface area (Å²) in [5.74, 6) is -2.27. The number of aromatic hydroxyl groups is 1. The lowest BCUT2D eigenvalue weighted by molar-refractivity contribution is -0.123. The molecular weight excluding hydrogens is 621 g/mol. The third kappa shape index (κ3) is 3.68. The molecule has 7 rings (SSSR count). The largest absolute Gasteiger partial charge is 0.508 e. The minimum Gasteiger partial charge on any atom is -0.508 e. The third-order valence-corrected chi connectivity index (χ3v) is 9.52. The topological polar surface area (TPSA) is 101 Å². The van der Waals surface area contributed by atoms with Gasteiger partial charge in [0, 0.05) is 38.2 Å². The molecule has 1 fully saturated rings. The van der Waals surface area contributed by atoms with E-state index in [1.54, 1.807) is 43.5 Å². The van der Waals surface area contributed by atoms with E-state index in [2.05, 4.69) is 22.6 Å². The smallest absolute Gasteiger partial charge is 0.238 e. The summed E-state index contributed by atoms with van der Waals surface area (Å²) < 4.78 is 6.94. The van der Waals surface area contributed by atoms with E-state index in [1.807, 2.05) is 18.2 Å². The van der Waals surface area contributed by atoms with Crippen molar-refractivity contribution in [2.45, 2.75) is 26.2 Å². The predicted molar refractivity (Wildman–Crippen MR) is 154 cm³/mol. The molecule has 2 aromatic rings. The normalized spacial score (nSPS) is 27.2. The maximum atomic E-state index is 14.0. The van der Waals surface area contributed by atoms with Crippen LogP contribution in [0.2, 0.25) is 0 Å². The predicted octanol–water partition coefficient (Wildman–Crippen LogP) is 4.98. The van der Waals surface area contributed by atoms with Crippen LogP contribution in [0.15, 0.2) is 88.7 Å². The Balaban J connectivity index is 1.33. The van der Waals surface area contributed by atoms with Crippen LogP contribution in [0.4, 0.5) is 5.69 Å². The SMILES string of the molecule is CC1=CC(=O)C2=C(C1=O)C(C1=COc3ccc(O)cc3C1)C1=CCC3C(=O)N(c4ccc(I)cc4)C(=O)C3C1C2. The standard InChI is InChI=1S/C32H24INO6/c1-15-10-25(36)24-13-23-21(7-8-22-28(23)32(39)34(31(22)38)19-4-2-18(33)3-5-19)27(29(24)30(15)37)17-11-16-12-20(35)6-9-26(16)40-14-17/h2-7,9-10,12,14,22-23,27-28,35H,8,11,13H2,1H3. The van der Waals surface area contributed by atoms with Crippen molar-refractivity contribution in [3.63, 3.8) is 0 Å². The Morgan fingerprint density at radius 3 is 2.55 bits per heavy atom. The number of imide groups is 1. The van der Waals surface area contributed by atoms with E-state index in [4.69, 9.17) is 4.74 Å². The van der Waals surface area contributed by atoms with Crippen molar-refractivity contribution in [2.24, 2.45) is 23.7 Å². The molecule has 5 aliphatic rings. The fourth-order valence-electron chi connectivity index (χ4n) is 7.02. The van der Waals surface area contributed by atoms with Gasteiger partial charge in [-0.05, 0) is 102 Å². The van der Waals surface area contributed by atoms with Gasteiger partial charge < -0.3 is 9.84 Å². The van der Waals surface area contributed by atoms with Gasteiger partial charge in [-0.25, -0.2) is 0 Å². The summed E-state index contributed by atoms with van der Waals surface area (Å²) in [5.41, 5.74) is 4.22. The van der Waals surface area contributed by atoms with Gasteiger partial charge in [0.1, 0.15) is 11.5 Å². The van der Waals surface area contributed by atoms with E-state index in [0.717, 1.165) is 20.3 Å². The Morgan fingerprint density at radius 1 is 1.00 bits per heavy atom. The van der Waals surface area contributed by atoms with Gasteiger partial charge in [0.15, 0.2) is 11.6 Å². The molecule has 3 aliphatic carbocycles. The molecule has 2 aromatic carbocycles. The van der Waals surface area contributed by atoms with Crippen LogP contribution in [-0.4, -0.2) is 28.5 Å². The summed E-state index contributed by atoms with van der Waals surface area (Å²) in [6.07, 6.45) is 6.05. The van der Waals surface area contributed by atoms with Crippen LogP contribution in [-0.2, 0) is 25.6 Å². The third-order valence-electron chi connectivity index (χ3n) is 8.80. The maximum Gasteiger partial charge on any atom is 0.238 e. The summed E-state index contributed by atoms with van der Waals surface area (Å²) in [5, 5.41) is 10.1. The highest BCUT2D eigenvalue weighted by molar-refractivity contribution is 14.1. The zero-order chi connectivity index (χ0) is 27.9. The van der Waals surface area contributed by atoms with Crippen molar-refractivity contribution in [3.05, 3.63) is 97.9 Å². The average molecular weight is 645 g/mol. The molecule has 4 unspecified atom stereocenters. The molecular formula is C32H24INO6. The van der Waals surface area contributed by atoms with Gasteiger partial charge in [-0.15, -0.1) is 0 Å². The van der Waals surface area contributed by atoms with Crippen molar-refractivity contribution < 1.29 is 29.0 Å². The van der Waals surface area contributed by atoms with E-state index in [1.165, 1.54) is 11.0 Å². The molecule has 8 heteroatoms. The second kappa shape index (κ2) is 9.12. The molecule has 2 aliphatic heterocycles. The Kier molecular flexibility index (Phi) is 5.75. The minimum absolute atomic E-state index is 0.109. The molecule has 0 radical (unpaired) electrons. The first-order chi connectivity index (χ1) is 19.2. The molecule has 1 saturated heterocycles. The number of ketones is 2. The Hall–Kier alpha value is -3.79. The second-order valence-electron chi connectivity index (χ2n) is 11.0. The van der Waals surface area contributed by atoms with Crippen LogP contribution in [0.5, 0.6) is 11.5 Å². The summed E-state index contributed by atoms with van der Waals surface area (Å²) in [6.45, 7) is 1.65. The molecule has 2 heterocycles. The highest BCUT2D eigenvalue weighted by Gasteiger charge is 2.57. The van der Waals surface area contributed by atoms with Crippen LogP contribution < -0.4 is 9.64 Å². The summed E-state index contributed by atoms with van der Waals surface area (Å²) in [4.78, 5) is 55.8. The van der Waals surface area contributed by atoms with Crippen LogP contribution >= 0.6 is 22.6 Å². The molecule has 7 nitrogen and oxygen atoms in total. The van der Waals surface area contributed by atoms with Gasteiger partial charge in [-0.2, -0.15) is 0 Å². The van der Waals surface area contributed by atoms with Gasteiger partial charge >= 0.3 is 0 Å². The summed E-state index contributed by atoms with van der Waals surface area (Å²) in [6, 6.07) is 12.2. The fraction of sp³-hybridized carbons (Fsp3) is 0.250. The zero-order valence-electron chi connectivity index (χ0n) is 21.5. The summed E-state index contributed by atoms with van der Waals surface area (Å²) >= 11 is 2.18. The van der Waals surface area contributed by atoms with Crippen LogP contribution in [0.3, 0.4) is 0 Å². The number of carbonyl (C=O) groups excluding carboxylic acids is 4. The average Bonchev–Trinajstić information content (AvgIpc) is 3.20. The van der Waals surface area contributed by atoms with Gasteiger partial charge in [-0.1, -0.05) is 11.6 Å². The Labute approximate surface area is 244 Å². The van der Waals surface area contributed by atoms with Crippen LogP contribution in [0.25, 0.3) is 0 Å². The van der Waals surface area contributed by atoms with E-state index in [0.29, 0.717) is 41.0 Å². The number of fused-ring (bicyclic) bond motifs is 4. The number of anilines is 1. The molecule has 0 saturated carbocycles. The highest BCUT2D eigenvalue weighted by Crippen LogP contribution is 2.55. The monoisotopic (exact) mass is 645 g/mol. The number of halogens is 1. The molecule has 0 bridgehead atoms. The van der Waals surface area contributed by atoms with Crippen LogP contribution in [0.1, 0.15) is 25.3 Å². The molecule has 200 valence electrons. The van der Waals surface area contributed by atoms with Gasteiger partial charge in [-0.3, -0.25) is 24.1 Å². The van der Waals surface area contributed by atoms with Crippen molar-refractivity contribution in [1.29, 1.82) is 0 Å². The lowest BCUT2D eigenvalue weighted by Gasteiger charge is -2.43. The summed E-state index contributed by atoms with van der Waals surface area (Å²) in [7, 11) is 0.